The molecule has 2 aromatic rings. The van der Waals surface area contributed by atoms with Crippen molar-refractivity contribution in [2.75, 3.05) is 17.6 Å². The lowest BCUT2D eigenvalue weighted by Gasteiger charge is -2.07. The number of nitrogens with one attached hydrogen (secondary N) is 2. The van der Waals surface area contributed by atoms with Crippen molar-refractivity contribution >= 4 is 17.4 Å². The molecule has 0 fully saturated rings. The Hall–Kier alpha value is -2.40. The minimum absolute atomic E-state index is 0.155. The average Bonchev–Trinajstić information content (AvgIpc) is 2.55. The summed E-state index contributed by atoms with van der Waals surface area (Å²) in [7, 11) is 0. The van der Waals surface area contributed by atoms with Gasteiger partial charge in [-0.05, 0) is 36.7 Å². The lowest BCUT2D eigenvalue weighted by molar-refractivity contribution is 0.102. The van der Waals surface area contributed by atoms with E-state index in [1.807, 2.05) is 24.3 Å². The van der Waals surface area contributed by atoms with E-state index in [0.717, 1.165) is 13.1 Å². The van der Waals surface area contributed by atoms with Crippen LogP contribution in [-0.2, 0) is 6.54 Å². The quantitative estimate of drug-likeness (QED) is 0.654. The third-order valence-electron chi connectivity index (χ3n) is 3.54. The predicted molar refractivity (Wildman–Crippen MR) is 94.3 cm³/mol. The van der Waals surface area contributed by atoms with Gasteiger partial charge in [-0.3, -0.25) is 4.79 Å². The van der Waals surface area contributed by atoms with Crippen molar-refractivity contribution in [2.24, 2.45) is 0 Å². The first kappa shape index (κ1) is 17.0. The third kappa shape index (κ3) is 5.71. The molecule has 4 N–H and O–H groups in total. The minimum atomic E-state index is -0.155. The Balaban J connectivity index is 1.85. The lowest BCUT2D eigenvalue weighted by atomic mass is 10.1. The maximum Gasteiger partial charge on any atom is 0.255 e. The molecule has 0 saturated carbocycles. The van der Waals surface area contributed by atoms with E-state index in [0.29, 0.717) is 17.1 Å². The number of carbonyl (C=O) groups excluding carboxylic acids is 1. The molecule has 1 aromatic carbocycles. The molecular formula is C18H24N4O. The zero-order valence-electron chi connectivity index (χ0n) is 13.5. The maximum absolute atomic E-state index is 12.2. The zero-order chi connectivity index (χ0) is 16.5. The molecule has 1 aromatic heterocycles. The van der Waals surface area contributed by atoms with Crippen molar-refractivity contribution in [2.45, 2.75) is 32.7 Å². The lowest BCUT2D eigenvalue weighted by Crippen LogP contribution is -2.15. The first-order valence-electron chi connectivity index (χ1n) is 8.01. The van der Waals surface area contributed by atoms with Gasteiger partial charge in [-0.25, -0.2) is 4.98 Å². The highest BCUT2D eigenvalue weighted by atomic mass is 16.1. The van der Waals surface area contributed by atoms with Crippen LogP contribution in [0.1, 0.15) is 42.1 Å². The Bertz CT molecular complexity index is 625. The molecule has 0 bridgehead atoms. The largest absolute Gasteiger partial charge is 0.384 e. The van der Waals surface area contributed by atoms with E-state index in [1.54, 1.807) is 18.3 Å². The van der Waals surface area contributed by atoms with Gasteiger partial charge in [0.1, 0.15) is 5.82 Å². The van der Waals surface area contributed by atoms with Crippen LogP contribution in [-0.4, -0.2) is 17.4 Å². The molecule has 0 atom stereocenters. The molecule has 0 unspecified atom stereocenters. The van der Waals surface area contributed by atoms with Crippen LogP contribution in [0.25, 0.3) is 0 Å². The molecular weight excluding hydrogens is 288 g/mol. The van der Waals surface area contributed by atoms with Crippen LogP contribution in [0.4, 0.5) is 11.5 Å². The molecule has 5 nitrogen and oxygen atoms in total. The second kappa shape index (κ2) is 8.90. The summed E-state index contributed by atoms with van der Waals surface area (Å²) in [5.74, 6) is 0.227. The molecule has 1 heterocycles. The molecule has 122 valence electrons. The summed E-state index contributed by atoms with van der Waals surface area (Å²) in [5, 5.41) is 6.22. The Morgan fingerprint density at radius 3 is 2.65 bits per heavy atom. The summed E-state index contributed by atoms with van der Waals surface area (Å²) < 4.78 is 0. The van der Waals surface area contributed by atoms with E-state index in [9.17, 15) is 4.79 Å². The summed E-state index contributed by atoms with van der Waals surface area (Å²) in [5.41, 5.74) is 8.04. The van der Waals surface area contributed by atoms with Crippen LogP contribution < -0.4 is 16.4 Å². The van der Waals surface area contributed by atoms with Gasteiger partial charge in [0.15, 0.2) is 0 Å². The Morgan fingerprint density at radius 2 is 1.96 bits per heavy atom. The number of nitrogens with two attached hydrogens (primary N) is 1. The number of benzene rings is 1. The van der Waals surface area contributed by atoms with Crippen molar-refractivity contribution in [3.63, 3.8) is 0 Å². The van der Waals surface area contributed by atoms with Crippen LogP contribution in [0.3, 0.4) is 0 Å². The number of pyridine rings is 1. The van der Waals surface area contributed by atoms with E-state index in [-0.39, 0.29) is 5.91 Å². The first-order valence-corrected chi connectivity index (χ1v) is 8.01. The molecule has 5 heteroatoms. The molecule has 0 aliphatic heterocycles. The van der Waals surface area contributed by atoms with Crippen molar-refractivity contribution < 1.29 is 4.79 Å². The van der Waals surface area contributed by atoms with E-state index in [1.165, 1.54) is 24.8 Å². The summed E-state index contributed by atoms with van der Waals surface area (Å²) in [4.78, 5) is 16.1. The Morgan fingerprint density at radius 1 is 1.17 bits per heavy atom. The minimum Gasteiger partial charge on any atom is -0.384 e. The maximum atomic E-state index is 12.2. The van der Waals surface area contributed by atoms with Crippen molar-refractivity contribution in [1.82, 2.24) is 10.3 Å². The van der Waals surface area contributed by atoms with Crippen molar-refractivity contribution in [1.29, 1.82) is 0 Å². The second-order valence-electron chi connectivity index (χ2n) is 5.50. The summed E-state index contributed by atoms with van der Waals surface area (Å²) in [6, 6.07) is 11.0. The van der Waals surface area contributed by atoms with Gasteiger partial charge in [0, 0.05) is 30.1 Å². The standard InChI is InChI=1S/C18H24N4O/c1-2-3-4-10-20-13-14-5-7-15(8-6-14)18(23)22-16-9-11-21-17(19)12-16/h5-9,11-12,20H,2-4,10,13H2,1H3,(H3,19,21,22,23). The highest BCUT2D eigenvalue weighted by Gasteiger charge is 2.06. The number of carbonyl (C=O) groups is 1. The van der Waals surface area contributed by atoms with Gasteiger partial charge < -0.3 is 16.4 Å². The van der Waals surface area contributed by atoms with Gasteiger partial charge in [-0.2, -0.15) is 0 Å². The van der Waals surface area contributed by atoms with Gasteiger partial charge in [0.2, 0.25) is 0 Å². The summed E-state index contributed by atoms with van der Waals surface area (Å²) in [6.45, 7) is 4.05. The van der Waals surface area contributed by atoms with Gasteiger partial charge in [0.05, 0.1) is 0 Å². The average molecular weight is 312 g/mol. The molecule has 0 radical (unpaired) electrons. The van der Waals surface area contributed by atoms with Crippen molar-refractivity contribution in [3.05, 3.63) is 53.7 Å². The molecule has 0 spiro atoms. The fourth-order valence-corrected chi connectivity index (χ4v) is 2.24. The van der Waals surface area contributed by atoms with Gasteiger partial charge in [0.25, 0.3) is 5.91 Å². The van der Waals surface area contributed by atoms with Crippen LogP contribution in [0, 0.1) is 0 Å². The predicted octanol–water partition coefficient (Wildman–Crippen LogP) is 3.20. The number of rotatable bonds is 8. The Kier molecular flexibility index (Phi) is 6.56. The van der Waals surface area contributed by atoms with E-state index in [2.05, 4.69) is 22.5 Å². The number of hydrogen-bond acceptors (Lipinski definition) is 4. The van der Waals surface area contributed by atoms with Crippen LogP contribution in [0.2, 0.25) is 0 Å². The van der Waals surface area contributed by atoms with Gasteiger partial charge in [-0.1, -0.05) is 31.9 Å². The zero-order valence-corrected chi connectivity index (χ0v) is 13.5. The van der Waals surface area contributed by atoms with E-state index < -0.39 is 0 Å². The topological polar surface area (TPSA) is 80.0 Å². The van der Waals surface area contributed by atoms with Crippen LogP contribution in [0.15, 0.2) is 42.6 Å². The van der Waals surface area contributed by atoms with Crippen molar-refractivity contribution in [3.8, 4) is 0 Å². The van der Waals surface area contributed by atoms with E-state index >= 15 is 0 Å². The molecule has 1 amide bonds. The Labute approximate surface area is 137 Å². The normalized spacial score (nSPS) is 10.5. The molecule has 0 aliphatic rings. The van der Waals surface area contributed by atoms with E-state index in [4.69, 9.17) is 5.73 Å². The molecule has 0 aliphatic carbocycles. The van der Waals surface area contributed by atoms with Crippen LogP contribution in [0.5, 0.6) is 0 Å². The smallest absolute Gasteiger partial charge is 0.255 e. The number of nitrogen functional groups attached to an aromatic ring is 1. The number of aromatic nitrogens is 1. The highest BCUT2D eigenvalue weighted by molar-refractivity contribution is 6.04. The number of amides is 1. The number of unbranched alkanes of at least 4 members (excludes halogenated alkanes) is 2. The highest BCUT2D eigenvalue weighted by Crippen LogP contribution is 2.12. The number of anilines is 2. The number of hydrogen-bond donors (Lipinski definition) is 3. The summed E-state index contributed by atoms with van der Waals surface area (Å²) >= 11 is 0. The first-order chi connectivity index (χ1) is 11.2. The molecule has 2 rings (SSSR count). The fourth-order valence-electron chi connectivity index (χ4n) is 2.24. The summed E-state index contributed by atoms with van der Waals surface area (Å²) in [6.07, 6.45) is 5.25. The van der Waals surface area contributed by atoms with Gasteiger partial charge in [-0.15, -0.1) is 0 Å². The molecule has 0 saturated heterocycles. The van der Waals surface area contributed by atoms with Gasteiger partial charge >= 0.3 is 0 Å². The molecule has 23 heavy (non-hydrogen) atoms. The monoisotopic (exact) mass is 312 g/mol. The third-order valence-corrected chi connectivity index (χ3v) is 3.54. The second-order valence-corrected chi connectivity index (χ2v) is 5.50. The SMILES string of the molecule is CCCCCNCc1ccc(C(=O)Nc2ccnc(N)c2)cc1. The fraction of sp³-hybridized carbons (Fsp3) is 0.333. The van der Waals surface area contributed by atoms with Crippen LogP contribution >= 0.6 is 0 Å². The number of nitrogens with zero attached hydrogens (tertiary/aromatic N) is 1.